The van der Waals surface area contributed by atoms with Gasteiger partial charge in [0.05, 0.1) is 0 Å². The Morgan fingerprint density at radius 2 is 1.77 bits per heavy atom. The zero-order chi connectivity index (χ0) is 17.0. The fourth-order valence-corrected chi connectivity index (χ4v) is 3.16. The molecule has 0 heterocycles. The summed E-state index contributed by atoms with van der Waals surface area (Å²) in [5, 5.41) is 0.230. The molecular weight excluding hydrogens is 288 g/mol. The minimum atomic E-state index is -1.71. The van der Waals surface area contributed by atoms with E-state index in [1.807, 2.05) is 0 Å². The lowest BCUT2D eigenvalue weighted by atomic mass is 9.78. The topological polar surface area (TPSA) is 26.3 Å². The molecule has 0 aromatic heterocycles. The lowest BCUT2D eigenvalue weighted by Gasteiger charge is -2.37. The van der Waals surface area contributed by atoms with E-state index in [9.17, 15) is 4.79 Å². The molecule has 0 aromatic rings. The number of carbonyl (C=O) groups is 1. The standard InChI is InChI=1S/C19H32O2Si/c1-16(2)8-11-19(12-9-17(20)10-13-19)14-15-21-22(6,7)18(3,4)5/h8-10,12-13H,11,14-15H2,1-7H3. The molecular formula is C19H32O2Si. The highest BCUT2D eigenvalue weighted by molar-refractivity contribution is 6.74. The summed E-state index contributed by atoms with van der Waals surface area (Å²) < 4.78 is 6.32. The smallest absolute Gasteiger partial charge is 0.191 e. The van der Waals surface area contributed by atoms with Crippen LogP contribution in [-0.2, 0) is 9.22 Å². The van der Waals surface area contributed by atoms with Crippen LogP contribution >= 0.6 is 0 Å². The zero-order valence-corrected chi connectivity index (χ0v) is 16.3. The maximum atomic E-state index is 11.4. The average molecular weight is 321 g/mol. The van der Waals surface area contributed by atoms with Crippen molar-refractivity contribution in [3.05, 3.63) is 36.0 Å². The Kier molecular flexibility index (Phi) is 6.16. The summed E-state index contributed by atoms with van der Waals surface area (Å²) in [7, 11) is -1.71. The molecule has 3 heteroatoms. The van der Waals surface area contributed by atoms with Crippen molar-refractivity contribution in [1.29, 1.82) is 0 Å². The van der Waals surface area contributed by atoms with Crippen molar-refractivity contribution in [2.24, 2.45) is 5.41 Å². The number of ketones is 1. The first-order valence-corrected chi connectivity index (χ1v) is 11.1. The van der Waals surface area contributed by atoms with Crippen molar-refractivity contribution in [1.82, 2.24) is 0 Å². The molecule has 0 amide bonds. The van der Waals surface area contributed by atoms with Crippen LogP contribution in [0.1, 0.15) is 47.5 Å². The fraction of sp³-hybridized carbons (Fsp3) is 0.632. The Balaban J connectivity index is 2.76. The molecule has 1 aliphatic rings. The predicted octanol–water partition coefficient (Wildman–Crippen LogP) is 5.44. The van der Waals surface area contributed by atoms with Gasteiger partial charge in [-0.1, -0.05) is 44.6 Å². The number of allylic oxidation sites excluding steroid dienone is 6. The van der Waals surface area contributed by atoms with Gasteiger partial charge >= 0.3 is 0 Å². The maximum Gasteiger partial charge on any atom is 0.191 e. The van der Waals surface area contributed by atoms with Crippen LogP contribution in [0.2, 0.25) is 18.1 Å². The Morgan fingerprint density at radius 1 is 1.23 bits per heavy atom. The third-order valence-electron chi connectivity index (χ3n) is 4.89. The summed E-state index contributed by atoms with van der Waals surface area (Å²) in [6.45, 7) is 16.3. The fourth-order valence-electron chi connectivity index (χ4n) is 2.12. The van der Waals surface area contributed by atoms with Gasteiger partial charge in [0, 0.05) is 12.0 Å². The molecule has 0 saturated heterocycles. The average Bonchev–Trinajstić information content (AvgIpc) is 2.38. The van der Waals surface area contributed by atoms with Crippen molar-refractivity contribution in [2.45, 2.75) is 65.6 Å². The zero-order valence-electron chi connectivity index (χ0n) is 15.3. The number of carbonyl (C=O) groups excluding carboxylic acids is 1. The van der Waals surface area contributed by atoms with E-state index in [1.54, 1.807) is 12.2 Å². The first-order chi connectivity index (χ1) is 9.97. The molecule has 22 heavy (non-hydrogen) atoms. The highest BCUT2D eigenvalue weighted by atomic mass is 28.4. The van der Waals surface area contributed by atoms with Crippen LogP contribution in [0, 0.1) is 5.41 Å². The molecule has 1 aliphatic carbocycles. The second kappa shape index (κ2) is 7.09. The van der Waals surface area contributed by atoms with Gasteiger partial charge in [-0.15, -0.1) is 0 Å². The Morgan fingerprint density at radius 3 is 2.23 bits per heavy atom. The minimum Gasteiger partial charge on any atom is -0.417 e. The van der Waals surface area contributed by atoms with Crippen molar-refractivity contribution in [3.63, 3.8) is 0 Å². The van der Waals surface area contributed by atoms with Crippen molar-refractivity contribution in [2.75, 3.05) is 6.61 Å². The van der Waals surface area contributed by atoms with E-state index in [0.717, 1.165) is 19.4 Å². The first kappa shape index (κ1) is 19.1. The van der Waals surface area contributed by atoms with Crippen LogP contribution in [0.15, 0.2) is 36.0 Å². The van der Waals surface area contributed by atoms with E-state index in [1.165, 1.54) is 5.57 Å². The van der Waals surface area contributed by atoms with Gasteiger partial charge in [0.1, 0.15) is 0 Å². The number of hydrogen-bond acceptors (Lipinski definition) is 2. The minimum absolute atomic E-state index is 0.0758. The normalized spacial score (nSPS) is 17.7. The first-order valence-electron chi connectivity index (χ1n) is 8.17. The van der Waals surface area contributed by atoms with E-state index in [0.29, 0.717) is 0 Å². The summed E-state index contributed by atoms with van der Waals surface area (Å²) in [6.07, 6.45) is 11.6. The van der Waals surface area contributed by atoms with Crippen molar-refractivity contribution >= 4 is 14.1 Å². The predicted molar refractivity (Wildman–Crippen MR) is 97.5 cm³/mol. The van der Waals surface area contributed by atoms with Gasteiger partial charge in [0.15, 0.2) is 14.1 Å². The number of hydrogen-bond donors (Lipinski definition) is 0. The molecule has 0 fully saturated rings. The molecule has 0 unspecified atom stereocenters. The van der Waals surface area contributed by atoms with Gasteiger partial charge in [-0.2, -0.15) is 0 Å². The SMILES string of the molecule is CC(C)=CCC1(CCO[Si](C)(C)C(C)(C)C)C=CC(=O)C=C1. The summed E-state index contributed by atoms with van der Waals surface area (Å²) in [5.41, 5.74) is 1.23. The van der Waals surface area contributed by atoms with Gasteiger partial charge < -0.3 is 4.43 Å². The Hall–Kier alpha value is -0.933. The van der Waals surface area contributed by atoms with E-state index < -0.39 is 8.32 Å². The van der Waals surface area contributed by atoms with Crippen LogP contribution in [-0.4, -0.2) is 20.7 Å². The molecule has 124 valence electrons. The quantitative estimate of drug-likeness (QED) is 0.481. The molecule has 0 aromatic carbocycles. The van der Waals surface area contributed by atoms with Gasteiger partial charge in [0.25, 0.3) is 0 Å². The second-order valence-corrected chi connectivity index (χ2v) is 13.0. The van der Waals surface area contributed by atoms with Crippen molar-refractivity contribution < 1.29 is 9.22 Å². The third kappa shape index (κ3) is 5.36. The lowest BCUT2D eigenvalue weighted by Crippen LogP contribution is -2.41. The monoisotopic (exact) mass is 320 g/mol. The largest absolute Gasteiger partial charge is 0.417 e. The molecule has 0 aliphatic heterocycles. The highest BCUT2D eigenvalue weighted by Crippen LogP contribution is 2.38. The van der Waals surface area contributed by atoms with E-state index in [-0.39, 0.29) is 16.2 Å². The van der Waals surface area contributed by atoms with Gasteiger partial charge in [-0.25, -0.2) is 0 Å². The molecule has 2 nitrogen and oxygen atoms in total. The summed E-state index contributed by atoms with van der Waals surface area (Å²) in [4.78, 5) is 11.4. The molecule has 0 radical (unpaired) electrons. The van der Waals surface area contributed by atoms with Crippen molar-refractivity contribution in [3.8, 4) is 0 Å². The Bertz CT molecular complexity index is 470. The van der Waals surface area contributed by atoms with Crippen LogP contribution in [0.5, 0.6) is 0 Å². The maximum absolute atomic E-state index is 11.4. The molecule has 1 rings (SSSR count). The van der Waals surface area contributed by atoms with Gasteiger partial charge in [-0.05, 0) is 57.0 Å². The van der Waals surface area contributed by atoms with Gasteiger partial charge in [-0.3, -0.25) is 4.79 Å². The third-order valence-corrected chi connectivity index (χ3v) is 9.42. The van der Waals surface area contributed by atoms with Crippen LogP contribution < -0.4 is 0 Å². The summed E-state index contributed by atoms with van der Waals surface area (Å²) >= 11 is 0. The lowest BCUT2D eigenvalue weighted by molar-refractivity contribution is -0.110. The van der Waals surface area contributed by atoms with E-state index in [4.69, 9.17) is 4.43 Å². The summed E-state index contributed by atoms with van der Waals surface area (Å²) in [6, 6.07) is 0. The number of rotatable bonds is 6. The van der Waals surface area contributed by atoms with E-state index in [2.05, 4.69) is 65.9 Å². The molecule has 0 atom stereocenters. The summed E-state index contributed by atoms with van der Waals surface area (Å²) in [5.74, 6) is 0.0816. The molecule has 0 saturated carbocycles. The molecule has 0 N–H and O–H groups in total. The molecule has 0 spiro atoms. The van der Waals surface area contributed by atoms with Crippen LogP contribution in [0.4, 0.5) is 0 Å². The van der Waals surface area contributed by atoms with E-state index >= 15 is 0 Å². The van der Waals surface area contributed by atoms with Gasteiger partial charge in [0.2, 0.25) is 0 Å². The van der Waals surface area contributed by atoms with Crippen LogP contribution in [0.25, 0.3) is 0 Å². The highest BCUT2D eigenvalue weighted by Gasteiger charge is 2.37. The molecule has 0 bridgehead atoms. The second-order valence-electron chi connectivity index (χ2n) is 8.15. The Labute approximate surface area is 137 Å². The van der Waals surface area contributed by atoms with Crippen LogP contribution in [0.3, 0.4) is 0 Å².